The summed E-state index contributed by atoms with van der Waals surface area (Å²) >= 11 is 0. The zero-order valence-corrected chi connectivity index (χ0v) is 36.0. The van der Waals surface area contributed by atoms with Crippen molar-refractivity contribution in [3.05, 3.63) is 70.2 Å². The zero-order chi connectivity index (χ0) is 46.3. The number of rotatable bonds is 10. The van der Waals surface area contributed by atoms with E-state index >= 15 is 0 Å². The van der Waals surface area contributed by atoms with Crippen LogP contribution in [-0.4, -0.2) is 120 Å². The lowest BCUT2D eigenvalue weighted by molar-refractivity contribution is -0.221. The Morgan fingerprint density at radius 2 is 1.83 bits per heavy atom. The molecule has 4 aliphatic rings. The van der Waals surface area contributed by atoms with Gasteiger partial charge in [-0.3, -0.25) is 33.5 Å². The zero-order valence-electron chi connectivity index (χ0n) is 36.0. The SMILES string of the molecule is Cn1c(=O)n(C2CCC(=O)NC2=O)c2cccc(C#CCOC3CCN(CC4CCC(n5cc(NC(=O)c6cnn7ccc(N8CCOC(C(F)(F)F)C8)nc67)c(C(F)F)n5)CC4)CC3)c21. The molecular formula is C44H48F5N11O6. The Balaban J connectivity index is 0.752. The van der Waals surface area contributed by atoms with Gasteiger partial charge in [0.25, 0.3) is 12.3 Å². The molecule has 350 valence electrons. The third-order valence-corrected chi connectivity index (χ3v) is 13.1. The number of carbonyl (C=O) groups is 3. The molecule has 4 fully saturated rings. The second-order valence-corrected chi connectivity index (χ2v) is 17.3. The maximum Gasteiger partial charge on any atom is 0.416 e. The van der Waals surface area contributed by atoms with Crippen molar-refractivity contribution in [2.45, 2.75) is 88.3 Å². The van der Waals surface area contributed by atoms with Gasteiger partial charge in [0, 0.05) is 52.0 Å². The minimum atomic E-state index is -4.56. The number of hydrogen-bond acceptors (Lipinski definition) is 11. The van der Waals surface area contributed by atoms with Gasteiger partial charge in [-0.15, -0.1) is 0 Å². The number of hydrogen-bond donors (Lipinski definition) is 2. The monoisotopic (exact) mass is 921 g/mol. The molecule has 66 heavy (non-hydrogen) atoms. The number of likely N-dealkylation sites (tertiary alicyclic amines) is 1. The summed E-state index contributed by atoms with van der Waals surface area (Å²) in [6.07, 6.45) is -0.0617. The predicted molar refractivity (Wildman–Crippen MR) is 228 cm³/mol. The van der Waals surface area contributed by atoms with Crippen molar-refractivity contribution >= 4 is 45.9 Å². The minimum Gasteiger partial charge on any atom is -0.365 e. The van der Waals surface area contributed by atoms with Crippen molar-refractivity contribution in [3.8, 4) is 11.8 Å². The van der Waals surface area contributed by atoms with Crippen LogP contribution in [0.3, 0.4) is 0 Å². The number of alkyl halides is 5. The van der Waals surface area contributed by atoms with Crippen LogP contribution in [0.4, 0.5) is 33.5 Å². The summed E-state index contributed by atoms with van der Waals surface area (Å²) < 4.78 is 85.4. The number of imidazole rings is 1. The number of fused-ring (bicyclic) bond motifs is 2. The molecule has 1 aliphatic carbocycles. The number of para-hydroxylation sites is 1. The highest BCUT2D eigenvalue weighted by molar-refractivity contribution is 6.08. The lowest BCUT2D eigenvalue weighted by Gasteiger charge is -2.36. The number of ether oxygens (including phenoxy) is 2. The van der Waals surface area contributed by atoms with Gasteiger partial charge in [0.2, 0.25) is 11.8 Å². The van der Waals surface area contributed by atoms with Gasteiger partial charge in [-0.2, -0.15) is 23.4 Å². The Bertz CT molecular complexity index is 2750. The van der Waals surface area contributed by atoms with Crippen LogP contribution in [-0.2, 0) is 26.1 Å². The van der Waals surface area contributed by atoms with Gasteiger partial charge in [0.15, 0.2) is 17.4 Å². The molecule has 3 saturated heterocycles. The fraction of sp³-hybridized carbons (Fsp3) is 0.523. The number of nitrogens with one attached hydrogen (secondary N) is 2. The Hall–Kier alpha value is -6.18. The van der Waals surface area contributed by atoms with Gasteiger partial charge in [-0.1, -0.05) is 17.9 Å². The Morgan fingerprint density at radius 3 is 2.58 bits per heavy atom. The molecule has 3 aliphatic heterocycles. The summed E-state index contributed by atoms with van der Waals surface area (Å²) in [5.41, 5.74) is 0.757. The number of imide groups is 1. The number of aromatic nitrogens is 7. The van der Waals surface area contributed by atoms with Crippen LogP contribution in [0.15, 0.2) is 47.7 Å². The highest BCUT2D eigenvalue weighted by atomic mass is 19.4. The highest BCUT2D eigenvalue weighted by Crippen LogP contribution is 2.36. The van der Waals surface area contributed by atoms with Crippen molar-refractivity contribution in [1.29, 1.82) is 0 Å². The molecule has 0 bridgehead atoms. The first kappa shape index (κ1) is 45.0. The van der Waals surface area contributed by atoms with E-state index in [1.54, 1.807) is 19.2 Å². The second-order valence-electron chi connectivity index (χ2n) is 17.3. The second kappa shape index (κ2) is 18.6. The number of morpholine rings is 1. The van der Waals surface area contributed by atoms with Crippen molar-refractivity contribution in [2.24, 2.45) is 13.0 Å². The number of anilines is 2. The van der Waals surface area contributed by atoms with Crippen LogP contribution in [0, 0.1) is 17.8 Å². The summed E-state index contributed by atoms with van der Waals surface area (Å²) in [7, 11) is 1.64. The lowest BCUT2D eigenvalue weighted by Crippen LogP contribution is -2.49. The summed E-state index contributed by atoms with van der Waals surface area (Å²) in [5, 5.41) is 13.2. The molecule has 1 saturated carbocycles. The average molecular weight is 922 g/mol. The maximum atomic E-state index is 14.3. The van der Waals surface area contributed by atoms with Crippen molar-refractivity contribution in [1.82, 2.24) is 43.7 Å². The molecule has 2 atom stereocenters. The molecule has 2 N–H and O–H groups in total. The van der Waals surface area contributed by atoms with Crippen molar-refractivity contribution < 1.29 is 45.8 Å². The Morgan fingerprint density at radius 1 is 1.05 bits per heavy atom. The molecule has 17 nitrogen and oxygen atoms in total. The summed E-state index contributed by atoms with van der Waals surface area (Å²) in [4.78, 5) is 59.3. The first-order valence-electron chi connectivity index (χ1n) is 22.0. The maximum absolute atomic E-state index is 14.3. The number of amides is 3. The molecular weight excluding hydrogens is 874 g/mol. The summed E-state index contributed by atoms with van der Waals surface area (Å²) in [6, 6.07) is 5.95. The van der Waals surface area contributed by atoms with Gasteiger partial charge in [0.1, 0.15) is 24.0 Å². The van der Waals surface area contributed by atoms with Crippen LogP contribution in [0.25, 0.3) is 16.7 Å². The third-order valence-electron chi connectivity index (χ3n) is 13.1. The lowest BCUT2D eigenvalue weighted by atomic mass is 9.85. The average Bonchev–Trinajstić information content (AvgIpc) is 4.00. The topological polar surface area (TPSA) is 175 Å². The van der Waals surface area contributed by atoms with Gasteiger partial charge in [0.05, 0.1) is 53.8 Å². The standard InChI is InChI=1S/C44H48F5N11O6/c1-55-38-27(4-2-6-32(38)60(43(55)64)33-11-12-36(61)53-42(33)63)5-3-20-65-29-13-16-56(17-14-29)23-26-7-9-28(10-8-26)59-24-31(37(54-59)39(45)46)51-41(62)30-22-50-58-18-15-35(52-40(30)58)57-19-21-66-34(25-57)44(47,48)49/h2,4,6,15,18,22,24,26,28-29,33-34,39H,7-14,16-17,19-21,23,25H2,1H3,(H,51,62)(H,53,61,63). The van der Waals surface area contributed by atoms with Gasteiger partial charge in [-0.05, 0) is 69.1 Å². The fourth-order valence-electron chi connectivity index (χ4n) is 9.57. The molecule has 7 heterocycles. The van der Waals surface area contributed by atoms with Crippen LogP contribution in [0.2, 0.25) is 0 Å². The van der Waals surface area contributed by atoms with E-state index in [2.05, 4.69) is 42.6 Å². The quantitative estimate of drug-likeness (QED) is 0.112. The first-order chi connectivity index (χ1) is 31.7. The Labute approximate surface area is 374 Å². The molecule has 5 aromatic rings. The van der Waals surface area contributed by atoms with E-state index in [1.807, 2.05) is 6.07 Å². The van der Waals surface area contributed by atoms with E-state index in [0.29, 0.717) is 22.5 Å². The summed E-state index contributed by atoms with van der Waals surface area (Å²) in [5.74, 6) is 5.24. The Kier molecular flexibility index (Phi) is 12.7. The van der Waals surface area contributed by atoms with E-state index in [-0.39, 0.29) is 79.1 Å². The number of piperidine rings is 2. The number of halogens is 5. The molecule has 2 unspecified atom stereocenters. The van der Waals surface area contributed by atoms with E-state index in [4.69, 9.17) is 9.47 Å². The molecule has 4 aromatic heterocycles. The molecule has 3 amide bonds. The van der Waals surface area contributed by atoms with Crippen molar-refractivity contribution in [2.75, 3.05) is 56.2 Å². The van der Waals surface area contributed by atoms with Crippen molar-refractivity contribution in [3.63, 3.8) is 0 Å². The number of nitrogens with zero attached hydrogens (tertiary/aromatic N) is 9. The molecule has 22 heteroatoms. The van der Waals surface area contributed by atoms with E-state index < -0.39 is 48.8 Å². The van der Waals surface area contributed by atoms with Gasteiger partial charge in [-0.25, -0.2) is 23.1 Å². The number of carbonyl (C=O) groups excluding carboxylic acids is 3. The highest BCUT2D eigenvalue weighted by Gasteiger charge is 2.44. The van der Waals surface area contributed by atoms with E-state index in [1.165, 1.54) is 47.9 Å². The van der Waals surface area contributed by atoms with Gasteiger partial charge < -0.3 is 24.6 Å². The molecule has 1 aromatic carbocycles. The van der Waals surface area contributed by atoms with E-state index in [0.717, 1.165) is 58.2 Å². The third kappa shape index (κ3) is 9.28. The molecule has 0 spiro atoms. The normalized spacial score (nSPS) is 22.5. The number of aryl methyl sites for hydroxylation is 1. The van der Waals surface area contributed by atoms with Crippen LogP contribution >= 0.6 is 0 Å². The summed E-state index contributed by atoms with van der Waals surface area (Å²) in [6.45, 7) is 2.36. The van der Waals surface area contributed by atoms with E-state index in [9.17, 15) is 41.1 Å². The van der Waals surface area contributed by atoms with Crippen LogP contribution in [0.5, 0.6) is 0 Å². The van der Waals surface area contributed by atoms with Crippen LogP contribution in [0.1, 0.15) is 91.5 Å². The van der Waals surface area contributed by atoms with Gasteiger partial charge >= 0.3 is 11.9 Å². The largest absolute Gasteiger partial charge is 0.416 e. The molecule has 9 rings (SSSR count). The predicted octanol–water partition coefficient (Wildman–Crippen LogP) is 4.78. The number of benzene rings is 1. The van der Waals surface area contributed by atoms with Crippen LogP contribution < -0.4 is 21.2 Å². The fourth-order valence-corrected chi connectivity index (χ4v) is 9.57. The molecule has 0 radical (unpaired) electrons. The first-order valence-corrected chi connectivity index (χ1v) is 22.0. The minimum absolute atomic E-state index is 0.0447. The smallest absolute Gasteiger partial charge is 0.365 e.